The van der Waals surface area contributed by atoms with Crippen LogP contribution in [-0.4, -0.2) is 29.3 Å². The van der Waals surface area contributed by atoms with E-state index in [1.807, 2.05) is 25.1 Å². The van der Waals surface area contributed by atoms with E-state index in [-0.39, 0.29) is 0 Å². The molecule has 0 aromatic carbocycles. The van der Waals surface area contributed by atoms with Gasteiger partial charge in [0.25, 0.3) is 0 Å². The van der Waals surface area contributed by atoms with Crippen molar-refractivity contribution < 1.29 is 0 Å². The van der Waals surface area contributed by atoms with Gasteiger partial charge in [0.05, 0.1) is 5.69 Å². The molecule has 0 fully saturated rings. The van der Waals surface area contributed by atoms with Gasteiger partial charge in [-0.05, 0) is 6.07 Å². The van der Waals surface area contributed by atoms with Crippen LogP contribution in [0, 0.1) is 0 Å². The number of aromatic nitrogens is 3. The number of aromatic amines is 1. The van der Waals surface area contributed by atoms with Gasteiger partial charge in [0.15, 0.2) is 5.13 Å². The topological polar surface area (TPSA) is 56.8 Å². The predicted octanol–water partition coefficient (Wildman–Crippen LogP) is 1.22. The van der Waals surface area contributed by atoms with Crippen LogP contribution in [0.2, 0.25) is 0 Å². The Hall–Kier alpha value is -1.40. The van der Waals surface area contributed by atoms with Crippen molar-refractivity contribution in [3.63, 3.8) is 0 Å². The average molecular weight is 237 g/mol. The van der Waals surface area contributed by atoms with Crippen LogP contribution in [0.5, 0.6) is 0 Å². The molecule has 0 aliphatic rings. The molecule has 0 saturated carbocycles. The average Bonchev–Trinajstić information content (AvgIpc) is 2.87. The number of hydrogen-bond donors (Lipinski definition) is 2. The summed E-state index contributed by atoms with van der Waals surface area (Å²) in [7, 11) is 4.00. The van der Waals surface area contributed by atoms with E-state index in [0.29, 0.717) is 0 Å². The van der Waals surface area contributed by atoms with Gasteiger partial charge in [0.1, 0.15) is 0 Å². The summed E-state index contributed by atoms with van der Waals surface area (Å²) >= 11 is 1.66. The van der Waals surface area contributed by atoms with Gasteiger partial charge in [-0.3, -0.25) is 5.10 Å². The molecular weight excluding hydrogens is 222 g/mol. The van der Waals surface area contributed by atoms with Crippen LogP contribution in [0.4, 0.5) is 5.13 Å². The third-order valence-electron chi connectivity index (χ3n) is 2.10. The molecule has 5 nitrogen and oxygen atoms in total. The lowest BCUT2D eigenvalue weighted by Crippen LogP contribution is -2.14. The molecule has 2 heterocycles. The largest absolute Gasteiger partial charge is 0.354 e. The molecular formula is C10H15N5S. The van der Waals surface area contributed by atoms with Crippen LogP contribution in [-0.2, 0) is 13.1 Å². The minimum atomic E-state index is 0.781. The van der Waals surface area contributed by atoms with Crippen molar-refractivity contribution >= 4 is 16.5 Å². The summed E-state index contributed by atoms with van der Waals surface area (Å²) in [6, 6.07) is 1.96. The maximum absolute atomic E-state index is 4.48. The SMILES string of the molecule is CN(C)c1nc(CNCc2ccn[nH]2)cs1. The highest BCUT2D eigenvalue weighted by Gasteiger charge is 2.03. The van der Waals surface area contributed by atoms with Crippen molar-refractivity contribution in [2.45, 2.75) is 13.1 Å². The molecule has 2 N–H and O–H groups in total. The number of nitrogens with one attached hydrogen (secondary N) is 2. The molecule has 2 aromatic heterocycles. The first-order valence-electron chi connectivity index (χ1n) is 5.06. The zero-order valence-electron chi connectivity index (χ0n) is 9.40. The minimum Gasteiger partial charge on any atom is -0.354 e. The monoisotopic (exact) mass is 237 g/mol. The van der Waals surface area contributed by atoms with E-state index in [1.54, 1.807) is 17.5 Å². The zero-order chi connectivity index (χ0) is 11.4. The zero-order valence-corrected chi connectivity index (χ0v) is 10.2. The Kier molecular flexibility index (Phi) is 3.53. The first kappa shape index (κ1) is 11.1. The number of hydrogen-bond acceptors (Lipinski definition) is 5. The van der Waals surface area contributed by atoms with Gasteiger partial charge in [0, 0.05) is 44.5 Å². The van der Waals surface area contributed by atoms with Crippen LogP contribution < -0.4 is 10.2 Å². The van der Waals surface area contributed by atoms with Crippen molar-refractivity contribution in [1.82, 2.24) is 20.5 Å². The second-order valence-corrected chi connectivity index (χ2v) is 4.54. The first-order valence-corrected chi connectivity index (χ1v) is 5.94. The van der Waals surface area contributed by atoms with Crippen LogP contribution >= 0.6 is 11.3 Å². The fraction of sp³-hybridized carbons (Fsp3) is 0.400. The summed E-state index contributed by atoms with van der Waals surface area (Å²) in [6.45, 7) is 1.57. The fourth-order valence-electron chi connectivity index (χ4n) is 1.29. The van der Waals surface area contributed by atoms with Crippen LogP contribution in [0.15, 0.2) is 17.6 Å². The quantitative estimate of drug-likeness (QED) is 0.821. The Morgan fingerprint density at radius 2 is 2.31 bits per heavy atom. The Balaban J connectivity index is 1.81. The molecule has 0 bridgehead atoms. The van der Waals surface area contributed by atoms with Crippen LogP contribution in [0.3, 0.4) is 0 Å². The highest BCUT2D eigenvalue weighted by Crippen LogP contribution is 2.17. The number of thiazole rings is 1. The van der Waals surface area contributed by atoms with Gasteiger partial charge < -0.3 is 10.2 Å². The minimum absolute atomic E-state index is 0.781. The third-order valence-corrected chi connectivity index (χ3v) is 3.16. The van der Waals surface area contributed by atoms with E-state index < -0.39 is 0 Å². The molecule has 86 valence electrons. The maximum Gasteiger partial charge on any atom is 0.185 e. The van der Waals surface area contributed by atoms with E-state index in [4.69, 9.17) is 0 Å². The summed E-state index contributed by atoms with van der Waals surface area (Å²) in [4.78, 5) is 6.50. The van der Waals surface area contributed by atoms with E-state index in [0.717, 1.165) is 29.6 Å². The summed E-state index contributed by atoms with van der Waals surface area (Å²) in [5, 5.41) is 13.2. The molecule has 2 aromatic rings. The van der Waals surface area contributed by atoms with Gasteiger partial charge in [-0.1, -0.05) is 0 Å². The van der Waals surface area contributed by atoms with Gasteiger partial charge in [-0.15, -0.1) is 11.3 Å². The lowest BCUT2D eigenvalue weighted by Gasteiger charge is -2.05. The van der Waals surface area contributed by atoms with Crippen molar-refractivity contribution in [1.29, 1.82) is 0 Å². The fourth-order valence-corrected chi connectivity index (χ4v) is 2.05. The summed E-state index contributed by atoms with van der Waals surface area (Å²) < 4.78 is 0. The van der Waals surface area contributed by atoms with E-state index in [9.17, 15) is 0 Å². The molecule has 0 unspecified atom stereocenters. The third kappa shape index (κ3) is 2.80. The van der Waals surface area contributed by atoms with Gasteiger partial charge in [-0.25, -0.2) is 4.98 Å². The Bertz CT molecular complexity index is 420. The molecule has 0 amide bonds. The van der Waals surface area contributed by atoms with Crippen LogP contribution in [0.25, 0.3) is 0 Å². The number of anilines is 1. The second-order valence-electron chi connectivity index (χ2n) is 3.70. The normalized spacial score (nSPS) is 10.6. The molecule has 0 aliphatic heterocycles. The van der Waals surface area contributed by atoms with Crippen molar-refractivity contribution in [3.05, 3.63) is 29.0 Å². The predicted molar refractivity (Wildman–Crippen MR) is 65.6 cm³/mol. The standard InChI is InChI=1S/C10H15N5S/c1-15(2)10-13-9(7-16-10)6-11-5-8-3-4-12-14-8/h3-4,7,11H,5-6H2,1-2H3,(H,12,14). The van der Waals surface area contributed by atoms with Crippen molar-refractivity contribution in [2.75, 3.05) is 19.0 Å². The molecule has 0 atom stereocenters. The molecule has 0 aliphatic carbocycles. The number of nitrogens with zero attached hydrogens (tertiary/aromatic N) is 3. The molecule has 16 heavy (non-hydrogen) atoms. The van der Waals surface area contributed by atoms with Gasteiger partial charge in [-0.2, -0.15) is 5.10 Å². The smallest absolute Gasteiger partial charge is 0.185 e. The number of H-pyrrole nitrogens is 1. The van der Waals surface area contributed by atoms with Crippen molar-refractivity contribution in [2.24, 2.45) is 0 Å². The Morgan fingerprint density at radius 1 is 1.44 bits per heavy atom. The molecule has 2 rings (SSSR count). The van der Waals surface area contributed by atoms with Crippen LogP contribution in [0.1, 0.15) is 11.4 Å². The van der Waals surface area contributed by atoms with Gasteiger partial charge >= 0.3 is 0 Å². The second kappa shape index (κ2) is 5.09. The maximum atomic E-state index is 4.48. The summed E-state index contributed by atoms with van der Waals surface area (Å²) in [5.41, 5.74) is 2.16. The summed E-state index contributed by atoms with van der Waals surface area (Å²) in [6.07, 6.45) is 1.75. The van der Waals surface area contributed by atoms with Crippen molar-refractivity contribution in [3.8, 4) is 0 Å². The molecule has 6 heteroatoms. The van der Waals surface area contributed by atoms with E-state index >= 15 is 0 Å². The molecule has 0 saturated heterocycles. The molecule has 0 radical (unpaired) electrons. The lowest BCUT2D eigenvalue weighted by atomic mass is 10.4. The first-order chi connectivity index (χ1) is 7.75. The van der Waals surface area contributed by atoms with E-state index in [2.05, 4.69) is 25.9 Å². The Morgan fingerprint density at radius 3 is 2.94 bits per heavy atom. The highest BCUT2D eigenvalue weighted by molar-refractivity contribution is 7.13. The summed E-state index contributed by atoms with van der Waals surface area (Å²) in [5.74, 6) is 0. The van der Waals surface area contributed by atoms with Gasteiger partial charge in [0.2, 0.25) is 0 Å². The molecule has 0 spiro atoms. The lowest BCUT2D eigenvalue weighted by molar-refractivity contribution is 0.668. The van der Waals surface area contributed by atoms with E-state index in [1.165, 1.54) is 0 Å². The Labute approximate surface area is 98.5 Å². The highest BCUT2D eigenvalue weighted by atomic mass is 32.1. The number of rotatable bonds is 5.